The number of hydrogen-bond donors (Lipinski definition) is 1. The zero-order valence-corrected chi connectivity index (χ0v) is 9.64. The molecule has 0 bridgehead atoms. The molecule has 5 nitrogen and oxygen atoms in total. The van der Waals surface area contributed by atoms with Crippen LogP contribution in [-0.2, 0) is 20.9 Å². The van der Waals surface area contributed by atoms with Gasteiger partial charge in [-0.1, -0.05) is 12.1 Å². The van der Waals surface area contributed by atoms with Crippen molar-refractivity contribution in [2.24, 2.45) is 0 Å². The topological polar surface area (TPSA) is 64.6 Å². The third-order valence-electron chi connectivity index (χ3n) is 1.97. The van der Waals surface area contributed by atoms with Crippen LogP contribution < -0.4 is 10.1 Å². The van der Waals surface area contributed by atoms with Gasteiger partial charge in [-0.2, -0.15) is 0 Å². The molecule has 0 aliphatic heterocycles. The molecule has 0 saturated heterocycles. The summed E-state index contributed by atoms with van der Waals surface area (Å²) in [6, 6.07) is 7.11. The third-order valence-corrected chi connectivity index (χ3v) is 1.97. The number of carbonyl (C=O) groups excluding carboxylic acids is 2. The highest BCUT2D eigenvalue weighted by Crippen LogP contribution is 2.11. The van der Waals surface area contributed by atoms with E-state index in [0.717, 1.165) is 5.56 Å². The lowest BCUT2D eigenvalue weighted by atomic mass is 10.2. The van der Waals surface area contributed by atoms with Crippen LogP contribution in [0.4, 0.5) is 0 Å². The van der Waals surface area contributed by atoms with Crippen molar-refractivity contribution in [2.45, 2.75) is 13.5 Å². The Balaban J connectivity index is 2.39. The molecular weight excluding hydrogens is 222 g/mol. The number of esters is 1. The van der Waals surface area contributed by atoms with Crippen LogP contribution in [0.1, 0.15) is 12.5 Å². The van der Waals surface area contributed by atoms with Crippen molar-refractivity contribution in [1.82, 2.24) is 5.32 Å². The molecule has 0 fully saturated rings. The SMILES string of the molecule is CCOC(=O)COc1ccc(CNC=O)cc1. The van der Waals surface area contributed by atoms with Crippen molar-refractivity contribution in [3.05, 3.63) is 29.8 Å². The fourth-order valence-electron chi connectivity index (χ4n) is 1.21. The third kappa shape index (κ3) is 5.01. The summed E-state index contributed by atoms with van der Waals surface area (Å²) in [5.74, 6) is 0.201. The molecule has 0 aliphatic carbocycles. The summed E-state index contributed by atoms with van der Waals surface area (Å²) in [6.45, 7) is 2.46. The second kappa shape index (κ2) is 7.27. The van der Waals surface area contributed by atoms with Crippen LogP contribution in [0.3, 0.4) is 0 Å². The van der Waals surface area contributed by atoms with Gasteiger partial charge in [0.25, 0.3) is 0 Å². The van der Waals surface area contributed by atoms with Gasteiger partial charge in [0.15, 0.2) is 6.61 Å². The van der Waals surface area contributed by atoms with E-state index in [0.29, 0.717) is 25.3 Å². The lowest BCUT2D eigenvalue weighted by Crippen LogP contribution is -2.14. The summed E-state index contributed by atoms with van der Waals surface area (Å²) in [5, 5.41) is 2.56. The minimum atomic E-state index is -0.390. The van der Waals surface area contributed by atoms with E-state index in [4.69, 9.17) is 9.47 Å². The first kappa shape index (κ1) is 13.0. The molecule has 0 aliphatic rings. The van der Waals surface area contributed by atoms with Gasteiger partial charge in [-0.25, -0.2) is 4.79 Å². The van der Waals surface area contributed by atoms with Crippen LogP contribution in [0.2, 0.25) is 0 Å². The Morgan fingerprint density at radius 1 is 1.35 bits per heavy atom. The number of ether oxygens (including phenoxy) is 2. The van der Waals surface area contributed by atoms with Gasteiger partial charge in [-0.05, 0) is 24.6 Å². The molecule has 0 heterocycles. The van der Waals surface area contributed by atoms with Gasteiger partial charge in [0.2, 0.25) is 6.41 Å². The number of amides is 1. The smallest absolute Gasteiger partial charge is 0.344 e. The van der Waals surface area contributed by atoms with E-state index in [1.54, 1.807) is 19.1 Å². The molecule has 1 amide bonds. The van der Waals surface area contributed by atoms with E-state index in [-0.39, 0.29) is 12.6 Å². The van der Waals surface area contributed by atoms with Crippen LogP contribution in [0.15, 0.2) is 24.3 Å². The van der Waals surface area contributed by atoms with Crippen molar-refractivity contribution in [1.29, 1.82) is 0 Å². The average Bonchev–Trinajstić information content (AvgIpc) is 2.35. The largest absolute Gasteiger partial charge is 0.482 e. The monoisotopic (exact) mass is 237 g/mol. The number of carbonyl (C=O) groups is 2. The number of benzene rings is 1. The number of nitrogens with one attached hydrogen (secondary N) is 1. The quantitative estimate of drug-likeness (QED) is 0.564. The molecule has 0 atom stereocenters. The Morgan fingerprint density at radius 3 is 2.65 bits per heavy atom. The van der Waals surface area contributed by atoms with E-state index in [1.807, 2.05) is 12.1 Å². The first-order chi connectivity index (χ1) is 8.26. The number of rotatable bonds is 7. The van der Waals surface area contributed by atoms with Crippen molar-refractivity contribution in [2.75, 3.05) is 13.2 Å². The van der Waals surface area contributed by atoms with Gasteiger partial charge in [0.05, 0.1) is 6.61 Å². The van der Waals surface area contributed by atoms with Gasteiger partial charge in [-0.15, -0.1) is 0 Å². The van der Waals surface area contributed by atoms with Gasteiger partial charge in [0.1, 0.15) is 5.75 Å². The maximum atomic E-state index is 11.0. The van der Waals surface area contributed by atoms with E-state index < -0.39 is 0 Å². The zero-order valence-electron chi connectivity index (χ0n) is 9.64. The fraction of sp³-hybridized carbons (Fsp3) is 0.333. The van der Waals surface area contributed by atoms with Crippen LogP contribution in [0, 0.1) is 0 Å². The van der Waals surface area contributed by atoms with Crippen molar-refractivity contribution in [3.63, 3.8) is 0 Å². The van der Waals surface area contributed by atoms with Crippen LogP contribution in [0.5, 0.6) is 5.75 Å². The second-order valence-electron chi connectivity index (χ2n) is 3.24. The van der Waals surface area contributed by atoms with Gasteiger partial charge >= 0.3 is 5.97 Å². The Hall–Kier alpha value is -2.04. The maximum absolute atomic E-state index is 11.0. The fourth-order valence-corrected chi connectivity index (χ4v) is 1.21. The summed E-state index contributed by atoms with van der Waals surface area (Å²) in [6.07, 6.45) is 0.644. The summed E-state index contributed by atoms with van der Waals surface area (Å²) >= 11 is 0. The normalized spacial score (nSPS) is 9.47. The Bertz CT molecular complexity index is 361. The highest BCUT2D eigenvalue weighted by Gasteiger charge is 2.02. The Kier molecular flexibility index (Phi) is 5.57. The molecule has 5 heteroatoms. The van der Waals surface area contributed by atoms with Crippen molar-refractivity contribution < 1.29 is 19.1 Å². The molecular formula is C12H15NO4. The van der Waals surface area contributed by atoms with Gasteiger partial charge in [-0.3, -0.25) is 4.79 Å². The summed E-state index contributed by atoms with van der Waals surface area (Å²) < 4.78 is 9.94. The molecule has 92 valence electrons. The first-order valence-electron chi connectivity index (χ1n) is 5.30. The first-order valence-corrected chi connectivity index (χ1v) is 5.30. The Morgan fingerprint density at radius 2 is 2.06 bits per heavy atom. The zero-order chi connectivity index (χ0) is 12.5. The van der Waals surface area contributed by atoms with E-state index in [2.05, 4.69) is 5.32 Å². The molecule has 0 aromatic heterocycles. The van der Waals surface area contributed by atoms with Crippen LogP contribution in [0.25, 0.3) is 0 Å². The van der Waals surface area contributed by atoms with Gasteiger partial charge < -0.3 is 14.8 Å². The average molecular weight is 237 g/mol. The highest BCUT2D eigenvalue weighted by atomic mass is 16.6. The molecule has 1 rings (SSSR count). The second-order valence-corrected chi connectivity index (χ2v) is 3.24. The predicted molar refractivity (Wildman–Crippen MR) is 61.5 cm³/mol. The molecule has 17 heavy (non-hydrogen) atoms. The molecule has 1 aromatic rings. The molecule has 0 unspecified atom stereocenters. The highest BCUT2D eigenvalue weighted by molar-refractivity contribution is 5.71. The summed E-state index contributed by atoms with van der Waals surface area (Å²) in [4.78, 5) is 21.1. The molecule has 0 radical (unpaired) electrons. The predicted octanol–water partition coefficient (Wildman–Crippen LogP) is 0.874. The lowest BCUT2D eigenvalue weighted by molar-refractivity contribution is -0.145. The van der Waals surface area contributed by atoms with Crippen LogP contribution in [-0.4, -0.2) is 25.6 Å². The van der Waals surface area contributed by atoms with E-state index in [9.17, 15) is 9.59 Å². The minimum absolute atomic E-state index is 0.0974. The number of hydrogen-bond acceptors (Lipinski definition) is 4. The molecule has 1 N–H and O–H groups in total. The van der Waals surface area contributed by atoms with Crippen molar-refractivity contribution in [3.8, 4) is 5.75 Å². The summed E-state index contributed by atoms with van der Waals surface area (Å²) in [5.41, 5.74) is 0.959. The van der Waals surface area contributed by atoms with E-state index >= 15 is 0 Å². The molecule has 1 aromatic carbocycles. The standard InChI is InChI=1S/C12H15NO4/c1-2-16-12(15)8-17-11-5-3-10(4-6-11)7-13-9-14/h3-6,9H,2,7-8H2,1H3,(H,13,14). The molecule has 0 spiro atoms. The summed E-state index contributed by atoms with van der Waals surface area (Å²) in [7, 11) is 0. The van der Waals surface area contributed by atoms with Crippen molar-refractivity contribution >= 4 is 12.4 Å². The van der Waals surface area contributed by atoms with Crippen LogP contribution >= 0.6 is 0 Å². The van der Waals surface area contributed by atoms with E-state index in [1.165, 1.54) is 0 Å². The lowest BCUT2D eigenvalue weighted by Gasteiger charge is -2.06. The molecule has 0 saturated carbocycles. The Labute approximate surface area is 99.7 Å². The maximum Gasteiger partial charge on any atom is 0.344 e. The minimum Gasteiger partial charge on any atom is -0.482 e. The van der Waals surface area contributed by atoms with Gasteiger partial charge in [0, 0.05) is 6.54 Å².